The van der Waals surface area contributed by atoms with Crippen LogP contribution in [-0.4, -0.2) is 90.9 Å². The van der Waals surface area contributed by atoms with Gasteiger partial charge >= 0.3 is 17.6 Å². The molecular weight excluding hydrogens is 677 g/mol. The average Bonchev–Trinajstić information content (AvgIpc) is 2.64. The van der Waals surface area contributed by atoms with Gasteiger partial charge in [0, 0.05) is 17.5 Å². The first-order valence-corrected chi connectivity index (χ1v) is 40.5. The summed E-state index contributed by atoms with van der Waals surface area (Å²) in [5, 5.41) is 21.3. The topological polar surface area (TPSA) is 95.8 Å². The summed E-state index contributed by atoms with van der Waals surface area (Å²) in [5.74, 6) is 0. The van der Waals surface area contributed by atoms with E-state index in [9.17, 15) is 10.2 Å². The Labute approximate surface area is 275 Å². The highest BCUT2D eigenvalue weighted by Gasteiger charge is 2.51. The fourth-order valence-electron chi connectivity index (χ4n) is 5.08. The lowest BCUT2D eigenvalue weighted by Gasteiger charge is -2.43. The molecule has 0 amide bonds. The minimum Gasteiger partial charge on any atom is -0.417 e. The second kappa shape index (κ2) is 16.2. The molecule has 0 heterocycles. The molecular formula is C27H72O8Si8. The first kappa shape index (κ1) is 44.4. The summed E-state index contributed by atoms with van der Waals surface area (Å²) in [7, 11) is -17.8. The van der Waals surface area contributed by atoms with Crippen molar-refractivity contribution in [2.75, 3.05) is 13.2 Å². The zero-order chi connectivity index (χ0) is 34.4. The third-order valence-corrected chi connectivity index (χ3v) is 29.9. The molecule has 0 rings (SSSR count). The standard InChI is InChI=1S/C27H72O8Si8/c1-36(2,3)30-42(31-37(4,5)6,32-38(7,8)9)23-19-21-27(25-28,26-29)22-20-24-43(33-39(10,11)12,34-40(13,14)15)35-41(16,17)18/h28-29H,19-26H2,1-18H3. The maximum Gasteiger partial charge on any atom is 0.469 e. The van der Waals surface area contributed by atoms with Crippen molar-refractivity contribution >= 4 is 67.5 Å². The van der Waals surface area contributed by atoms with Gasteiger partial charge in [-0.1, -0.05) is 0 Å². The van der Waals surface area contributed by atoms with E-state index in [-0.39, 0.29) is 13.2 Å². The Morgan fingerprint density at radius 3 is 0.698 bits per heavy atom. The smallest absolute Gasteiger partial charge is 0.417 e. The molecule has 0 unspecified atom stereocenters. The Balaban J connectivity index is 6.14. The Morgan fingerprint density at radius 2 is 0.558 bits per heavy atom. The zero-order valence-corrected chi connectivity index (χ0v) is 39.5. The number of hydrogen-bond donors (Lipinski definition) is 2. The van der Waals surface area contributed by atoms with Crippen LogP contribution in [0, 0.1) is 5.41 Å². The number of rotatable bonds is 22. The van der Waals surface area contributed by atoms with Crippen molar-refractivity contribution in [2.24, 2.45) is 5.41 Å². The molecule has 0 aromatic heterocycles. The molecule has 0 aliphatic rings. The normalized spacial score (nSPS) is 15.3. The van der Waals surface area contributed by atoms with Crippen molar-refractivity contribution in [1.82, 2.24) is 0 Å². The summed E-state index contributed by atoms with van der Waals surface area (Å²) in [5.41, 5.74) is -0.616. The third-order valence-electron chi connectivity index (χ3n) is 5.82. The van der Waals surface area contributed by atoms with Crippen LogP contribution in [0.3, 0.4) is 0 Å². The lowest BCUT2D eigenvalue weighted by atomic mass is 9.81. The van der Waals surface area contributed by atoms with Crippen molar-refractivity contribution in [2.45, 2.75) is 156 Å². The van der Waals surface area contributed by atoms with Gasteiger partial charge in [-0.3, -0.25) is 0 Å². The predicted molar refractivity (Wildman–Crippen MR) is 203 cm³/mol. The molecule has 0 bridgehead atoms. The molecule has 0 fully saturated rings. The Bertz CT molecular complexity index is 672. The molecule has 0 radical (unpaired) electrons. The molecule has 0 aliphatic carbocycles. The number of hydrogen-bond acceptors (Lipinski definition) is 8. The molecule has 0 atom stereocenters. The summed E-state index contributed by atoms with van der Waals surface area (Å²) in [4.78, 5) is 0. The summed E-state index contributed by atoms with van der Waals surface area (Å²) in [6, 6.07) is 1.39. The lowest BCUT2D eigenvalue weighted by Crippen LogP contribution is -2.60. The van der Waals surface area contributed by atoms with Crippen LogP contribution < -0.4 is 0 Å². The number of aliphatic hydroxyl groups excluding tert-OH is 2. The second-order valence-corrected chi connectivity index (χ2v) is 52.2. The van der Waals surface area contributed by atoms with E-state index < -0.39 is 72.9 Å². The molecule has 43 heavy (non-hydrogen) atoms. The van der Waals surface area contributed by atoms with Gasteiger partial charge in [0.05, 0.1) is 13.2 Å². The Kier molecular flexibility index (Phi) is 16.7. The van der Waals surface area contributed by atoms with Crippen molar-refractivity contribution in [3.63, 3.8) is 0 Å². The van der Waals surface area contributed by atoms with E-state index >= 15 is 0 Å². The maximum atomic E-state index is 10.7. The van der Waals surface area contributed by atoms with E-state index in [0.29, 0.717) is 24.9 Å². The van der Waals surface area contributed by atoms with Crippen molar-refractivity contribution in [1.29, 1.82) is 0 Å². The van der Waals surface area contributed by atoms with Gasteiger partial charge in [-0.15, -0.1) is 0 Å². The minimum absolute atomic E-state index is 0.0795. The first-order valence-electron chi connectivity index (χ1n) is 16.2. The van der Waals surface area contributed by atoms with Gasteiger partial charge in [-0.25, -0.2) is 0 Å². The molecule has 0 aromatic rings. The van der Waals surface area contributed by atoms with E-state index in [4.69, 9.17) is 24.7 Å². The summed E-state index contributed by atoms with van der Waals surface area (Å²) >= 11 is 0. The highest BCUT2D eigenvalue weighted by Crippen LogP contribution is 2.37. The fourth-order valence-corrected chi connectivity index (χ4v) is 34.4. The molecule has 8 nitrogen and oxygen atoms in total. The molecule has 0 aromatic carbocycles. The Hall–Kier alpha value is 1.42. The van der Waals surface area contributed by atoms with Crippen molar-refractivity contribution in [3.05, 3.63) is 0 Å². The van der Waals surface area contributed by atoms with E-state index in [1.807, 2.05) is 0 Å². The van der Waals surface area contributed by atoms with Crippen LogP contribution in [0.25, 0.3) is 0 Å². The average molecular weight is 750 g/mol. The number of aliphatic hydroxyl groups is 2. The summed E-state index contributed by atoms with van der Waals surface area (Å²) in [6.45, 7) is 39.4. The van der Waals surface area contributed by atoms with Gasteiger partial charge in [-0.2, -0.15) is 0 Å². The fraction of sp³-hybridized carbons (Fsp3) is 1.00. The second-order valence-electron chi connectivity index (χ2n) is 18.2. The van der Waals surface area contributed by atoms with Gasteiger partial charge in [0.25, 0.3) is 0 Å². The van der Waals surface area contributed by atoms with E-state index in [0.717, 1.165) is 12.8 Å². The highest BCUT2D eigenvalue weighted by atomic mass is 28.5. The predicted octanol–water partition coefficient (Wildman–Crippen LogP) is 8.50. The van der Waals surface area contributed by atoms with Gasteiger partial charge in [0.2, 0.25) is 0 Å². The van der Waals surface area contributed by atoms with Gasteiger partial charge < -0.3 is 34.9 Å². The molecule has 2 N–H and O–H groups in total. The molecule has 0 aliphatic heterocycles. The quantitative estimate of drug-likeness (QED) is 0.107. The van der Waals surface area contributed by atoms with Crippen LogP contribution in [-0.2, 0) is 24.7 Å². The van der Waals surface area contributed by atoms with Gasteiger partial charge in [-0.05, 0) is 144 Å². The van der Waals surface area contributed by atoms with Crippen molar-refractivity contribution in [3.8, 4) is 0 Å². The molecule has 0 spiro atoms. The van der Waals surface area contributed by atoms with Crippen LogP contribution in [0.2, 0.25) is 130 Å². The maximum absolute atomic E-state index is 10.7. The van der Waals surface area contributed by atoms with E-state index in [2.05, 4.69) is 118 Å². The minimum atomic E-state index is -2.99. The van der Waals surface area contributed by atoms with Crippen LogP contribution in [0.15, 0.2) is 0 Å². The molecule has 260 valence electrons. The summed E-state index contributed by atoms with van der Waals surface area (Å²) in [6.07, 6.45) is 2.86. The monoisotopic (exact) mass is 748 g/mol. The molecule has 0 saturated heterocycles. The molecule has 16 heteroatoms. The van der Waals surface area contributed by atoms with Crippen LogP contribution in [0.4, 0.5) is 0 Å². The Morgan fingerprint density at radius 1 is 0.372 bits per heavy atom. The highest BCUT2D eigenvalue weighted by molar-refractivity contribution is 6.91. The van der Waals surface area contributed by atoms with E-state index in [1.54, 1.807) is 0 Å². The van der Waals surface area contributed by atoms with E-state index in [1.165, 1.54) is 0 Å². The SMILES string of the molecule is C[Si](C)(C)O[Si](CCCC(CO)(CO)CCC[Si](O[Si](C)(C)C)(O[Si](C)(C)C)O[Si](C)(C)C)(O[Si](C)(C)C)O[Si](C)(C)C. The van der Waals surface area contributed by atoms with Crippen LogP contribution >= 0.6 is 0 Å². The van der Waals surface area contributed by atoms with Gasteiger partial charge in [0.15, 0.2) is 49.9 Å². The first-order chi connectivity index (χ1) is 18.8. The molecule has 0 saturated carbocycles. The largest absolute Gasteiger partial charge is 0.469 e. The van der Waals surface area contributed by atoms with Gasteiger partial charge in [0.1, 0.15) is 0 Å². The van der Waals surface area contributed by atoms with Crippen LogP contribution in [0.5, 0.6) is 0 Å². The van der Waals surface area contributed by atoms with Crippen molar-refractivity contribution < 1.29 is 34.9 Å². The summed E-state index contributed by atoms with van der Waals surface area (Å²) < 4.78 is 41.2. The lowest BCUT2D eigenvalue weighted by molar-refractivity contribution is 0.0369. The third kappa shape index (κ3) is 21.1. The zero-order valence-electron chi connectivity index (χ0n) is 31.5. The van der Waals surface area contributed by atoms with Crippen LogP contribution in [0.1, 0.15) is 25.7 Å².